The summed E-state index contributed by atoms with van der Waals surface area (Å²) in [6, 6.07) is 5.67. The SMILES string of the molecule is CC(C)(C)Oc1ccc2[nH]cc(CC(=O)O)c2c1. The topological polar surface area (TPSA) is 62.3 Å². The Balaban J connectivity index is 2.39. The second-order valence-electron chi connectivity index (χ2n) is 5.31. The van der Waals surface area contributed by atoms with Gasteiger partial charge >= 0.3 is 5.97 Å². The molecule has 4 heteroatoms. The van der Waals surface area contributed by atoms with Gasteiger partial charge in [0.15, 0.2) is 0 Å². The Labute approximate surface area is 106 Å². The Bertz CT molecular complexity index is 578. The number of ether oxygens (including phenoxy) is 1. The second-order valence-corrected chi connectivity index (χ2v) is 5.31. The standard InChI is InChI=1S/C14H17NO3/c1-14(2,3)18-10-4-5-12-11(7-10)9(8-15-12)6-13(16)17/h4-5,7-8,15H,6H2,1-3H3,(H,16,17). The van der Waals surface area contributed by atoms with Crippen LogP contribution in [-0.4, -0.2) is 21.7 Å². The molecule has 2 rings (SSSR count). The Morgan fingerprint density at radius 1 is 1.39 bits per heavy atom. The van der Waals surface area contributed by atoms with Gasteiger partial charge in [-0.15, -0.1) is 0 Å². The third-order valence-corrected chi connectivity index (χ3v) is 2.50. The molecule has 0 aliphatic carbocycles. The number of aromatic amines is 1. The molecule has 4 nitrogen and oxygen atoms in total. The van der Waals surface area contributed by atoms with E-state index in [4.69, 9.17) is 9.84 Å². The summed E-state index contributed by atoms with van der Waals surface area (Å²) in [4.78, 5) is 13.8. The molecule has 0 amide bonds. The molecule has 96 valence electrons. The number of H-pyrrole nitrogens is 1. The van der Waals surface area contributed by atoms with Gasteiger partial charge in [-0.1, -0.05) is 0 Å². The number of benzene rings is 1. The molecule has 0 spiro atoms. The van der Waals surface area contributed by atoms with Crippen LogP contribution < -0.4 is 4.74 Å². The van der Waals surface area contributed by atoms with Crippen LogP contribution in [0.25, 0.3) is 10.9 Å². The van der Waals surface area contributed by atoms with E-state index in [0.29, 0.717) is 0 Å². The lowest BCUT2D eigenvalue weighted by Gasteiger charge is -2.21. The first kappa shape index (κ1) is 12.5. The Morgan fingerprint density at radius 2 is 2.11 bits per heavy atom. The lowest BCUT2D eigenvalue weighted by atomic mass is 10.1. The highest BCUT2D eigenvalue weighted by molar-refractivity contribution is 5.87. The van der Waals surface area contributed by atoms with Crippen molar-refractivity contribution in [1.82, 2.24) is 4.98 Å². The summed E-state index contributed by atoms with van der Waals surface area (Å²) < 4.78 is 5.78. The van der Waals surface area contributed by atoms with Gasteiger partial charge < -0.3 is 14.8 Å². The van der Waals surface area contributed by atoms with Gasteiger partial charge in [0.25, 0.3) is 0 Å². The van der Waals surface area contributed by atoms with Crippen LogP contribution >= 0.6 is 0 Å². The van der Waals surface area contributed by atoms with E-state index in [1.54, 1.807) is 6.20 Å². The summed E-state index contributed by atoms with van der Waals surface area (Å²) in [7, 11) is 0. The van der Waals surface area contributed by atoms with E-state index in [1.165, 1.54) is 0 Å². The van der Waals surface area contributed by atoms with Gasteiger partial charge in [-0.3, -0.25) is 4.79 Å². The zero-order valence-electron chi connectivity index (χ0n) is 10.8. The van der Waals surface area contributed by atoms with Crippen LogP contribution in [0.5, 0.6) is 5.75 Å². The van der Waals surface area contributed by atoms with Crippen molar-refractivity contribution in [2.45, 2.75) is 32.8 Å². The summed E-state index contributed by atoms with van der Waals surface area (Å²) in [5, 5.41) is 9.76. The first-order chi connectivity index (χ1) is 8.35. The zero-order valence-corrected chi connectivity index (χ0v) is 10.8. The predicted molar refractivity (Wildman–Crippen MR) is 70.0 cm³/mol. The molecule has 1 aromatic heterocycles. The summed E-state index contributed by atoms with van der Waals surface area (Å²) in [5.41, 5.74) is 1.43. The smallest absolute Gasteiger partial charge is 0.307 e. The maximum atomic E-state index is 10.8. The van der Waals surface area contributed by atoms with E-state index in [-0.39, 0.29) is 12.0 Å². The fourth-order valence-corrected chi connectivity index (χ4v) is 1.88. The van der Waals surface area contributed by atoms with Crippen molar-refractivity contribution in [2.75, 3.05) is 0 Å². The van der Waals surface area contributed by atoms with Crippen molar-refractivity contribution in [1.29, 1.82) is 0 Å². The highest BCUT2D eigenvalue weighted by Gasteiger charge is 2.13. The molecule has 1 aromatic carbocycles. The molecule has 2 N–H and O–H groups in total. The maximum absolute atomic E-state index is 10.8. The first-order valence-electron chi connectivity index (χ1n) is 5.86. The van der Waals surface area contributed by atoms with Crippen molar-refractivity contribution in [3.8, 4) is 5.75 Å². The molecular formula is C14H17NO3. The van der Waals surface area contributed by atoms with E-state index in [9.17, 15) is 4.79 Å². The quantitative estimate of drug-likeness (QED) is 0.876. The normalized spacial score (nSPS) is 11.7. The number of aromatic nitrogens is 1. The number of fused-ring (bicyclic) bond motifs is 1. The van der Waals surface area contributed by atoms with Crippen molar-refractivity contribution >= 4 is 16.9 Å². The van der Waals surface area contributed by atoms with Crippen LogP contribution in [0.15, 0.2) is 24.4 Å². The molecule has 0 aliphatic rings. The molecule has 0 fully saturated rings. The maximum Gasteiger partial charge on any atom is 0.307 e. The predicted octanol–water partition coefficient (Wildman–Crippen LogP) is 2.97. The van der Waals surface area contributed by atoms with E-state index < -0.39 is 5.97 Å². The van der Waals surface area contributed by atoms with Crippen molar-refractivity contribution in [3.63, 3.8) is 0 Å². The van der Waals surface area contributed by atoms with Crippen molar-refractivity contribution in [2.24, 2.45) is 0 Å². The van der Waals surface area contributed by atoms with Gasteiger partial charge in [0.05, 0.1) is 6.42 Å². The molecule has 0 radical (unpaired) electrons. The van der Waals surface area contributed by atoms with E-state index >= 15 is 0 Å². The van der Waals surface area contributed by atoms with Crippen LogP contribution in [0.2, 0.25) is 0 Å². The van der Waals surface area contributed by atoms with Gasteiger partial charge in [-0.2, -0.15) is 0 Å². The molecule has 0 bridgehead atoms. The van der Waals surface area contributed by atoms with E-state index in [1.807, 2.05) is 39.0 Å². The minimum Gasteiger partial charge on any atom is -0.488 e. The average molecular weight is 247 g/mol. The van der Waals surface area contributed by atoms with Gasteiger partial charge in [-0.25, -0.2) is 0 Å². The number of rotatable bonds is 3. The third kappa shape index (κ3) is 2.83. The van der Waals surface area contributed by atoms with E-state index in [0.717, 1.165) is 22.2 Å². The number of carboxylic acid groups (broad SMARTS) is 1. The lowest BCUT2D eigenvalue weighted by molar-refractivity contribution is -0.136. The van der Waals surface area contributed by atoms with Gasteiger partial charge in [0, 0.05) is 17.1 Å². The monoisotopic (exact) mass is 247 g/mol. The van der Waals surface area contributed by atoms with Crippen LogP contribution in [0.1, 0.15) is 26.3 Å². The van der Waals surface area contributed by atoms with Crippen molar-refractivity contribution in [3.05, 3.63) is 30.0 Å². The number of hydrogen-bond acceptors (Lipinski definition) is 2. The fourth-order valence-electron chi connectivity index (χ4n) is 1.88. The summed E-state index contributed by atoms with van der Waals surface area (Å²) >= 11 is 0. The first-order valence-corrected chi connectivity index (χ1v) is 5.86. The minimum atomic E-state index is -0.835. The molecule has 18 heavy (non-hydrogen) atoms. The highest BCUT2D eigenvalue weighted by Crippen LogP contribution is 2.26. The number of aliphatic carboxylic acids is 1. The number of carboxylic acids is 1. The fraction of sp³-hybridized carbons (Fsp3) is 0.357. The zero-order chi connectivity index (χ0) is 13.3. The molecule has 0 saturated carbocycles. The summed E-state index contributed by atoms with van der Waals surface area (Å²) in [5.74, 6) is -0.0840. The molecule has 1 heterocycles. The largest absolute Gasteiger partial charge is 0.488 e. The average Bonchev–Trinajstić information content (AvgIpc) is 2.58. The lowest BCUT2D eigenvalue weighted by Crippen LogP contribution is -2.22. The number of hydrogen-bond donors (Lipinski definition) is 2. The summed E-state index contributed by atoms with van der Waals surface area (Å²) in [6.07, 6.45) is 1.75. The van der Waals surface area contributed by atoms with Crippen molar-refractivity contribution < 1.29 is 14.6 Å². The highest BCUT2D eigenvalue weighted by atomic mass is 16.5. The molecule has 2 aromatic rings. The second kappa shape index (κ2) is 4.37. The Morgan fingerprint density at radius 3 is 2.72 bits per heavy atom. The van der Waals surface area contributed by atoms with Gasteiger partial charge in [0.2, 0.25) is 0 Å². The third-order valence-electron chi connectivity index (χ3n) is 2.50. The van der Waals surface area contributed by atoms with Gasteiger partial charge in [0.1, 0.15) is 11.4 Å². The molecule has 0 aliphatic heterocycles. The molecule has 0 unspecified atom stereocenters. The van der Waals surface area contributed by atoms with Gasteiger partial charge in [-0.05, 0) is 44.5 Å². The van der Waals surface area contributed by atoms with E-state index in [2.05, 4.69) is 4.98 Å². The Kier molecular flexibility index (Phi) is 3.03. The molecule has 0 saturated heterocycles. The number of carbonyl (C=O) groups is 1. The molecule has 0 atom stereocenters. The van der Waals surface area contributed by atoms with Crippen LogP contribution in [0.3, 0.4) is 0 Å². The van der Waals surface area contributed by atoms with Crippen LogP contribution in [-0.2, 0) is 11.2 Å². The Hall–Kier alpha value is -1.97. The molecular weight excluding hydrogens is 230 g/mol. The van der Waals surface area contributed by atoms with Crippen LogP contribution in [0, 0.1) is 0 Å². The minimum absolute atomic E-state index is 0.0129. The van der Waals surface area contributed by atoms with Crippen LogP contribution in [0.4, 0.5) is 0 Å². The number of nitrogens with one attached hydrogen (secondary N) is 1. The summed E-state index contributed by atoms with van der Waals surface area (Å²) in [6.45, 7) is 5.94.